The van der Waals surface area contributed by atoms with Crippen LogP contribution in [-0.4, -0.2) is 6.04 Å². The minimum Gasteiger partial charge on any atom is -0.310 e. The van der Waals surface area contributed by atoms with Gasteiger partial charge >= 0.3 is 0 Å². The molecule has 2 heteroatoms. The van der Waals surface area contributed by atoms with Crippen molar-refractivity contribution in [3.8, 4) is 11.1 Å². The van der Waals surface area contributed by atoms with Crippen molar-refractivity contribution in [2.45, 2.75) is 46.2 Å². The molecule has 0 aliphatic heterocycles. The van der Waals surface area contributed by atoms with Gasteiger partial charge in [0.05, 0.1) is 0 Å². The van der Waals surface area contributed by atoms with E-state index in [0.717, 1.165) is 36.1 Å². The predicted octanol–water partition coefficient (Wildman–Crippen LogP) is 4.94. The van der Waals surface area contributed by atoms with Gasteiger partial charge < -0.3 is 5.32 Å². The summed E-state index contributed by atoms with van der Waals surface area (Å²) in [7, 11) is 0. The SMILES string of the molecule is CCCc1cccc(-c2cc(F)ccc2CNC(C)C)c1. The maximum atomic E-state index is 13.7. The maximum Gasteiger partial charge on any atom is 0.123 e. The maximum absolute atomic E-state index is 13.7. The molecule has 1 N–H and O–H groups in total. The Balaban J connectivity index is 2.36. The highest BCUT2D eigenvalue weighted by molar-refractivity contribution is 5.68. The van der Waals surface area contributed by atoms with Crippen LogP contribution in [0.3, 0.4) is 0 Å². The largest absolute Gasteiger partial charge is 0.310 e. The Morgan fingerprint density at radius 2 is 1.90 bits per heavy atom. The number of benzene rings is 2. The van der Waals surface area contributed by atoms with Crippen LogP contribution in [0.4, 0.5) is 4.39 Å². The summed E-state index contributed by atoms with van der Waals surface area (Å²) in [5, 5.41) is 3.41. The van der Waals surface area contributed by atoms with E-state index in [-0.39, 0.29) is 5.82 Å². The first-order valence-corrected chi connectivity index (χ1v) is 7.71. The molecule has 2 aromatic carbocycles. The molecule has 0 spiro atoms. The van der Waals surface area contributed by atoms with Crippen molar-refractivity contribution in [3.63, 3.8) is 0 Å². The summed E-state index contributed by atoms with van der Waals surface area (Å²) in [5.74, 6) is -0.181. The highest BCUT2D eigenvalue weighted by Crippen LogP contribution is 2.26. The first kappa shape index (κ1) is 15.7. The lowest BCUT2D eigenvalue weighted by Crippen LogP contribution is -2.22. The van der Waals surface area contributed by atoms with E-state index in [1.165, 1.54) is 11.6 Å². The van der Waals surface area contributed by atoms with E-state index in [4.69, 9.17) is 0 Å². The van der Waals surface area contributed by atoms with Gasteiger partial charge in [-0.3, -0.25) is 0 Å². The van der Waals surface area contributed by atoms with Gasteiger partial charge in [0.25, 0.3) is 0 Å². The van der Waals surface area contributed by atoms with Crippen LogP contribution >= 0.6 is 0 Å². The van der Waals surface area contributed by atoms with E-state index < -0.39 is 0 Å². The second-order valence-electron chi connectivity index (χ2n) is 5.79. The lowest BCUT2D eigenvalue weighted by Gasteiger charge is -2.14. The zero-order chi connectivity index (χ0) is 15.2. The van der Waals surface area contributed by atoms with Crippen LogP contribution in [0.5, 0.6) is 0 Å². The molecule has 0 saturated carbocycles. The van der Waals surface area contributed by atoms with Crippen LogP contribution in [0.1, 0.15) is 38.3 Å². The number of halogens is 1. The van der Waals surface area contributed by atoms with Crippen molar-refractivity contribution in [1.29, 1.82) is 0 Å². The van der Waals surface area contributed by atoms with E-state index in [1.807, 2.05) is 6.07 Å². The van der Waals surface area contributed by atoms with Crippen LogP contribution < -0.4 is 5.32 Å². The summed E-state index contributed by atoms with van der Waals surface area (Å²) >= 11 is 0. The highest BCUT2D eigenvalue weighted by atomic mass is 19.1. The lowest BCUT2D eigenvalue weighted by atomic mass is 9.96. The fourth-order valence-electron chi connectivity index (χ4n) is 2.47. The Morgan fingerprint density at radius 3 is 2.62 bits per heavy atom. The van der Waals surface area contributed by atoms with Gasteiger partial charge in [0, 0.05) is 12.6 Å². The van der Waals surface area contributed by atoms with Gasteiger partial charge in [0.15, 0.2) is 0 Å². The van der Waals surface area contributed by atoms with E-state index in [2.05, 4.69) is 50.4 Å². The Morgan fingerprint density at radius 1 is 1.10 bits per heavy atom. The summed E-state index contributed by atoms with van der Waals surface area (Å²) in [6.07, 6.45) is 2.18. The van der Waals surface area contributed by atoms with Crippen molar-refractivity contribution >= 4 is 0 Å². The molecular weight excluding hydrogens is 261 g/mol. The summed E-state index contributed by atoms with van der Waals surface area (Å²) in [5.41, 5.74) is 4.53. The lowest BCUT2D eigenvalue weighted by molar-refractivity contribution is 0.587. The van der Waals surface area contributed by atoms with Gasteiger partial charge in [0.1, 0.15) is 5.82 Å². The number of rotatable bonds is 6. The normalized spacial score (nSPS) is 11.1. The van der Waals surface area contributed by atoms with Gasteiger partial charge in [-0.2, -0.15) is 0 Å². The second kappa shape index (κ2) is 7.37. The molecule has 0 radical (unpaired) electrons. The smallest absolute Gasteiger partial charge is 0.123 e. The summed E-state index contributed by atoms with van der Waals surface area (Å²) in [6, 6.07) is 13.9. The Kier molecular flexibility index (Phi) is 5.51. The van der Waals surface area contributed by atoms with Crippen LogP contribution in [-0.2, 0) is 13.0 Å². The molecule has 1 nitrogen and oxygen atoms in total. The van der Waals surface area contributed by atoms with Crippen molar-refractivity contribution in [1.82, 2.24) is 5.32 Å². The molecule has 0 fully saturated rings. The van der Waals surface area contributed by atoms with Crippen molar-refractivity contribution < 1.29 is 4.39 Å². The van der Waals surface area contributed by atoms with E-state index in [0.29, 0.717) is 6.04 Å². The minimum atomic E-state index is -0.181. The third-order valence-electron chi connectivity index (χ3n) is 3.55. The molecule has 2 rings (SSSR count). The number of nitrogens with one attached hydrogen (secondary N) is 1. The standard InChI is InChI=1S/C19H24FN/c1-4-6-15-7-5-8-16(11-15)19-12-18(20)10-9-17(19)13-21-14(2)3/h5,7-12,14,21H,4,6,13H2,1-3H3. The zero-order valence-electron chi connectivity index (χ0n) is 13.1. The van der Waals surface area contributed by atoms with E-state index in [1.54, 1.807) is 6.07 Å². The van der Waals surface area contributed by atoms with Crippen LogP contribution in [0, 0.1) is 5.82 Å². The first-order chi connectivity index (χ1) is 10.1. The first-order valence-electron chi connectivity index (χ1n) is 7.71. The molecule has 0 heterocycles. The third-order valence-corrected chi connectivity index (χ3v) is 3.55. The van der Waals surface area contributed by atoms with Gasteiger partial charge in [0.2, 0.25) is 0 Å². The number of aryl methyl sites for hydroxylation is 1. The molecule has 0 aromatic heterocycles. The average molecular weight is 285 g/mol. The number of hydrogen-bond donors (Lipinski definition) is 1. The molecule has 0 unspecified atom stereocenters. The summed E-state index contributed by atoms with van der Waals surface area (Å²) in [4.78, 5) is 0. The monoisotopic (exact) mass is 285 g/mol. The molecule has 0 aliphatic carbocycles. The molecule has 21 heavy (non-hydrogen) atoms. The molecule has 0 bridgehead atoms. The molecule has 112 valence electrons. The van der Waals surface area contributed by atoms with Crippen LogP contribution in [0.25, 0.3) is 11.1 Å². The molecule has 0 amide bonds. The van der Waals surface area contributed by atoms with E-state index in [9.17, 15) is 4.39 Å². The van der Waals surface area contributed by atoms with Gasteiger partial charge in [-0.1, -0.05) is 57.5 Å². The molecular formula is C19H24FN. The highest BCUT2D eigenvalue weighted by Gasteiger charge is 2.08. The summed E-state index contributed by atoms with van der Waals surface area (Å²) in [6.45, 7) is 7.16. The Hall–Kier alpha value is -1.67. The molecule has 0 saturated heterocycles. The fourth-order valence-corrected chi connectivity index (χ4v) is 2.47. The second-order valence-corrected chi connectivity index (χ2v) is 5.79. The Labute approximate surface area is 127 Å². The molecule has 0 aliphatic rings. The predicted molar refractivity (Wildman–Crippen MR) is 87.8 cm³/mol. The topological polar surface area (TPSA) is 12.0 Å². The van der Waals surface area contributed by atoms with Gasteiger partial charge in [-0.25, -0.2) is 4.39 Å². The Bertz CT molecular complexity index is 590. The van der Waals surface area contributed by atoms with Crippen molar-refractivity contribution in [2.24, 2.45) is 0 Å². The quantitative estimate of drug-likeness (QED) is 0.792. The molecule has 2 aromatic rings. The average Bonchev–Trinajstić information content (AvgIpc) is 2.46. The number of hydrogen-bond acceptors (Lipinski definition) is 1. The van der Waals surface area contributed by atoms with Gasteiger partial charge in [-0.15, -0.1) is 0 Å². The zero-order valence-corrected chi connectivity index (χ0v) is 13.1. The van der Waals surface area contributed by atoms with Crippen LogP contribution in [0.15, 0.2) is 42.5 Å². The fraction of sp³-hybridized carbons (Fsp3) is 0.368. The third kappa shape index (κ3) is 4.40. The van der Waals surface area contributed by atoms with Crippen molar-refractivity contribution in [2.75, 3.05) is 0 Å². The molecule has 0 atom stereocenters. The summed E-state index contributed by atoms with van der Waals surface area (Å²) < 4.78 is 13.7. The van der Waals surface area contributed by atoms with Crippen molar-refractivity contribution in [3.05, 3.63) is 59.4 Å². The van der Waals surface area contributed by atoms with Gasteiger partial charge in [-0.05, 0) is 40.8 Å². The van der Waals surface area contributed by atoms with E-state index >= 15 is 0 Å². The minimum absolute atomic E-state index is 0.181. The van der Waals surface area contributed by atoms with Crippen LogP contribution in [0.2, 0.25) is 0 Å².